The van der Waals surface area contributed by atoms with Gasteiger partial charge >= 0.3 is 0 Å². The lowest BCUT2D eigenvalue weighted by atomic mass is 10.0. The van der Waals surface area contributed by atoms with Crippen LogP contribution in [-0.2, 0) is 17.9 Å². The van der Waals surface area contributed by atoms with Crippen molar-refractivity contribution < 1.29 is 4.79 Å². The summed E-state index contributed by atoms with van der Waals surface area (Å²) in [5.74, 6) is 2.62. The van der Waals surface area contributed by atoms with Gasteiger partial charge in [-0.2, -0.15) is 10.2 Å². The topological polar surface area (TPSA) is 57.1 Å². The van der Waals surface area contributed by atoms with Crippen LogP contribution in [0.1, 0.15) is 36.8 Å². The summed E-state index contributed by atoms with van der Waals surface area (Å²) in [7, 11) is 4.07. The average Bonchev–Trinajstić information content (AvgIpc) is 3.30. The van der Waals surface area contributed by atoms with E-state index in [1.165, 1.54) is 5.56 Å². The molecule has 0 saturated heterocycles. The van der Waals surface area contributed by atoms with E-state index in [1.807, 2.05) is 26.2 Å². The first-order chi connectivity index (χ1) is 11.0. The van der Waals surface area contributed by atoms with E-state index in [0.29, 0.717) is 25.8 Å². The highest BCUT2D eigenvalue weighted by Crippen LogP contribution is 2.37. The Bertz CT molecular complexity index is 610. The summed E-state index contributed by atoms with van der Waals surface area (Å²) in [5.41, 5.74) is 2.00. The number of carbonyl (C=O) groups excluding carboxylic acids is 1. The van der Waals surface area contributed by atoms with Crippen LogP contribution in [0.25, 0.3) is 0 Å². The van der Waals surface area contributed by atoms with Gasteiger partial charge in [0.25, 0.3) is 0 Å². The van der Waals surface area contributed by atoms with Crippen molar-refractivity contribution in [1.29, 1.82) is 0 Å². The number of nitrogens with one attached hydrogen (secondary N) is 1. The second-order valence-electron chi connectivity index (χ2n) is 6.17. The molecule has 5 heteroatoms. The molecule has 0 fully saturated rings. The summed E-state index contributed by atoms with van der Waals surface area (Å²) in [5, 5.41) is 11.1. The van der Waals surface area contributed by atoms with Crippen molar-refractivity contribution in [3.05, 3.63) is 35.4 Å². The first kappa shape index (κ1) is 17.2. The normalized spacial score (nSPS) is 14.5. The average molecular weight is 312 g/mol. The molecule has 1 amide bonds. The van der Waals surface area contributed by atoms with Crippen molar-refractivity contribution >= 4 is 5.91 Å². The zero-order chi connectivity index (χ0) is 16.7. The van der Waals surface area contributed by atoms with Crippen LogP contribution in [0.4, 0.5) is 0 Å². The Morgan fingerprint density at radius 2 is 1.96 bits per heavy atom. The van der Waals surface area contributed by atoms with Gasteiger partial charge in [0.05, 0.1) is 0 Å². The van der Waals surface area contributed by atoms with Gasteiger partial charge in [-0.25, -0.2) is 0 Å². The molecule has 0 aromatic heterocycles. The minimum atomic E-state index is -0.382. The largest absolute Gasteiger partial charge is 0.352 e. The van der Waals surface area contributed by atoms with E-state index in [2.05, 4.69) is 38.5 Å². The van der Waals surface area contributed by atoms with E-state index in [4.69, 9.17) is 6.42 Å². The number of nitrogens with zero attached hydrogens (tertiary/aromatic N) is 3. The molecule has 23 heavy (non-hydrogen) atoms. The fourth-order valence-electron chi connectivity index (χ4n) is 2.49. The predicted octanol–water partition coefficient (Wildman–Crippen LogP) is 2.72. The van der Waals surface area contributed by atoms with E-state index >= 15 is 0 Å². The van der Waals surface area contributed by atoms with Crippen LogP contribution in [-0.4, -0.2) is 30.6 Å². The third kappa shape index (κ3) is 5.50. The smallest absolute Gasteiger partial charge is 0.220 e. The Morgan fingerprint density at radius 3 is 2.57 bits per heavy atom. The molecule has 1 N–H and O–H groups in total. The molecule has 2 rings (SSSR count). The van der Waals surface area contributed by atoms with Crippen molar-refractivity contribution in [2.75, 3.05) is 14.1 Å². The quantitative estimate of drug-likeness (QED) is 0.713. The van der Waals surface area contributed by atoms with E-state index in [1.54, 1.807) is 0 Å². The molecule has 0 atom stereocenters. The molecule has 0 unspecified atom stereocenters. The number of rotatable bonds is 9. The lowest BCUT2D eigenvalue weighted by molar-refractivity contribution is -0.121. The molecule has 0 saturated carbocycles. The van der Waals surface area contributed by atoms with Crippen molar-refractivity contribution in [3.8, 4) is 12.3 Å². The van der Waals surface area contributed by atoms with Crippen LogP contribution < -0.4 is 5.32 Å². The molecule has 1 aromatic carbocycles. The summed E-state index contributed by atoms with van der Waals surface area (Å²) >= 11 is 0. The standard InChI is InChI=1S/C18H24N4O/c1-4-5-11-18(20-21-18)12-10-17(23)19-13-15-8-6-7-9-16(15)14-22(2)3/h1,6-9H,5,10-14H2,2-3H3,(H,19,23). The summed E-state index contributed by atoms with van der Waals surface area (Å²) in [4.78, 5) is 14.2. The number of terminal acetylenes is 1. The highest BCUT2D eigenvalue weighted by molar-refractivity contribution is 5.76. The van der Waals surface area contributed by atoms with Crippen molar-refractivity contribution in [1.82, 2.24) is 10.2 Å². The Balaban J connectivity index is 1.78. The third-order valence-electron chi connectivity index (χ3n) is 3.89. The fourth-order valence-corrected chi connectivity index (χ4v) is 2.49. The zero-order valence-electron chi connectivity index (χ0n) is 13.9. The van der Waals surface area contributed by atoms with Gasteiger partial charge in [-0.1, -0.05) is 24.3 Å². The molecule has 122 valence electrons. The van der Waals surface area contributed by atoms with E-state index in [0.717, 1.165) is 18.5 Å². The lowest BCUT2D eigenvalue weighted by Crippen LogP contribution is -2.25. The minimum absolute atomic E-state index is 0.0297. The molecule has 0 bridgehead atoms. The van der Waals surface area contributed by atoms with Gasteiger partial charge in [-0.15, -0.1) is 12.3 Å². The Morgan fingerprint density at radius 1 is 1.26 bits per heavy atom. The van der Waals surface area contributed by atoms with Crippen molar-refractivity contribution in [2.45, 2.75) is 44.4 Å². The van der Waals surface area contributed by atoms with Gasteiger partial charge in [-0.3, -0.25) is 4.79 Å². The molecular weight excluding hydrogens is 288 g/mol. The van der Waals surface area contributed by atoms with Crippen molar-refractivity contribution in [3.63, 3.8) is 0 Å². The van der Waals surface area contributed by atoms with E-state index < -0.39 is 0 Å². The van der Waals surface area contributed by atoms with Gasteiger partial charge in [0, 0.05) is 38.8 Å². The maximum absolute atomic E-state index is 12.1. The summed E-state index contributed by atoms with van der Waals surface area (Å²) < 4.78 is 0. The van der Waals surface area contributed by atoms with Gasteiger partial charge < -0.3 is 10.2 Å². The molecule has 1 heterocycles. The molecule has 0 aliphatic carbocycles. The third-order valence-corrected chi connectivity index (χ3v) is 3.89. The van der Waals surface area contributed by atoms with E-state index in [-0.39, 0.29) is 11.6 Å². The van der Waals surface area contributed by atoms with Gasteiger partial charge in [-0.05, 0) is 25.2 Å². The Kier molecular flexibility index (Phi) is 5.89. The Hall–Kier alpha value is -2.19. The summed E-state index contributed by atoms with van der Waals surface area (Å²) in [6, 6.07) is 8.17. The molecular formula is C18H24N4O. The zero-order valence-corrected chi connectivity index (χ0v) is 13.9. The Labute approximate surface area is 138 Å². The molecule has 1 aliphatic rings. The number of carbonyl (C=O) groups is 1. The van der Waals surface area contributed by atoms with Gasteiger partial charge in [0.1, 0.15) is 0 Å². The van der Waals surface area contributed by atoms with Crippen LogP contribution in [0, 0.1) is 12.3 Å². The molecule has 5 nitrogen and oxygen atoms in total. The van der Waals surface area contributed by atoms with Crippen LogP contribution >= 0.6 is 0 Å². The number of amides is 1. The highest BCUT2D eigenvalue weighted by atomic mass is 16.1. The predicted molar refractivity (Wildman–Crippen MR) is 90.6 cm³/mol. The van der Waals surface area contributed by atoms with Crippen LogP contribution in [0.2, 0.25) is 0 Å². The first-order valence-electron chi connectivity index (χ1n) is 7.90. The summed E-state index contributed by atoms with van der Waals surface area (Å²) in [6.07, 6.45) is 7.71. The SMILES string of the molecule is C#CCCC1(CCC(=O)NCc2ccccc2CN(C)C)N=N1. The minimum Gasteiger partial charge on any atom is -0.352 e. The number of hydrogen-bond donors (Lipinski definition) is 1. The second kappa shape index (κ2) is 7.89. The second-order valence-corrected chi connectivity index (χ2v) is 6.17. The first-order valence-corrected chi connectivity index (χ1v) is 7.90. The fraction of sp³-hybridized carbons (Fsp3) is 0.500. The maximum atomic E-state index is 12.1. The monoisotopic (exact) mass is 312 g/mol. The summed E-state index contributed by atoms with van der Waals surface area (Å²) in [6.45, 7) is 1.41. The molecule has 1 aromatic rings. The van der Waals surface area contributed by atoms with Crippen LogP contribution in [0.5, 0.6) is 0 Å². The molecule has 1 aliphatic heterocycles. The van der Waals surface area contributed by atoms with Crippen LogP contribution in [0.15, 0.2) is 34.5 Å². The van der Waals surface area contributed by atoms with Crippen molar-refractivity contribution in [2.24, 2.45) is 10.2 Å². The molecule has 0 radical (unpaired) electrons. The lowest BCUT2D eigenvalue weighted by Gasteiger charge is -2.15. The maximum Gasteiger partial charge on any atom is 0.220 e. The van der Waals surface area contributed by atoms with Crippen LogP contribution in [0.3, 0.4) is 0 Å². The highest BCUT2D eigenvalue weighted by Gasteiger charge is 2.39. The number of hydrogen-bond acceptors (Lipinski definition) is 4. The number of benzene rings is 1. The van der Waals surface area contributed by atoms with Gasteiger partial charge in [0.15, 0.2) is 5.66 Å². The van der Waals surface area contributed by atoms with E-state index in [9.17, 15) is 4.79 Å². The van der Waals surface area contributed by atoms with Gasteiger partial charge in [0.2, 0.25) is 5.91 Å². The molecule has 0 spiro atoms.